The van der Waals surface area contributed by atoms with E-state index in [4.69, 9.17) is 11.6 Å². The number of piperazine rings is 1. The fourth-order valence-electron chi connectivity index (χ4n) is 2.17. The van der Waals surface area contributed by atoms with Gasteiger partial charge in [-0.25, -0.2) is 17.5 Å². The minimum absolute atomic E-state index is 0.0175. The number of nitrogens with zero attached hydrogens (tertiary/aromatic N) is 1. The minimum atomic E-state index is -3.63. The second kappa shape index (κ2) is 7.51. The molecule has 1 saturated heterocycles. The Balaban J connectivity index is 1.82. The maximum absolute atomic E-state index is 13.0. The summed E-state index contributed by atoms with van der Waals surface area (Å²) in [6.07, 6.45) is 0.730. The fraction of sp³-hybridized carbons (Fsp3) is 0.538. The molecule has 0 amide bonds. The van der Waals surface area contributed by atoms with Gasteiger partial charge >= 0.3 is 0 Å². The number of benzene rings is 1. The largest absolute Gasteiger partial charge is 0.314 e. The van der Waals surface area contributed by atoms with Gasteiger partial charge in [0.05, 0.1) is 9.92 Å². The molecule has 2 rings (SSSR count). The van der Waals surface area contributed by atoms with E-state index in [1.54, 1.807) is 0 Å². The van der Waals surface area contributed by atoms with Crippen LogP contribution in [0.2, 0.25) is 5.02 Å². The Hall–Kier alpha value is -0.730. The van der Waals surface area contributed by atoms with Gasteiger partial charge in [0, 0.05) is 32.7 Å². The van der Waals surface area contributed by atoms with Crippen molar-refractivity contribution in [3.63, 3.8) is 0 Å². The van der Waals surface area contributed by atoms with E-state index in [2.05, 4.69) is 14.9 Å². The summed E-state index contributed by atoms with van der Waals surface area (Å²) in [6.45, 7) is 5.12. The quantitative estimate of drug-likeness (QED) is 0.763. The summed E-state index contributed by atoms with van der Waals surface area (Å²) >= 11 is 5.60. The van der Waals surface area contributed by atoms with Crippen molar-refractivity contribution in [2.45, 2.75) is 11.3 Å². The standard InChI is InChI=1S/C13H19ClFN3O2S/c14-12-10-11(2-3-13(12)15)21(19,20)17-4-1-7-18-8-5-16-6-9-18/h2-3,10,16-17H,1,4-9H2. The average Bonchev–Trinajstić information content (AvgIpc) is 2.47. The molecule has 5 nitrogen and oxygen atoms in total. The molecule has 1 fully saturated rings. The normalized spacial score (nSPS) is 17.0. The maximum atomic E-state index is 13.0. The SMILES string of the molecule is O=S(=O)(NCCCN1CCNCC1)c1ccc(F)c(Cl)c1. The fourth-order valence-corrected chi connectivity index (χ4v) is 3.52. The molecule has 0 aliphatic carbocycles. The maximum Gasteiger partial charge on any atom is 0.240 e. The van der Waals surface area contributed by atoms with Gasteiger partial charge in [0.2, 0.25) is 10.0 Å². The van der Waals surface area contributed by atoms with E-state index < -0.39 is 15.8 Å². The Labute approximate surface area is 129 Å². The van der Waals surface area contributed by atoms with Crippen LogP contribution in [0, 0.1) is 5.82 Å². The van der Waals surface area contributed by atoms with E-state index in [0.29, 0.717) is 6.54 Å². The monoisotopic (exact) mass is 335 g/mol. The highest BCUT2D eigenvalue weighted by atomic mass is 35.5. The number of rotatable bonds is 6. The number of hydrogen-bond donors (Lipinski definition) is 2. The third-order valence-corrected chi connectivity index (χ3v) is 5.10. The van der Waals surface area contributed by atoms with Gasteiger partial charge in [-0.2, -0.15) is 0 Å². The Morgan fingerprint density at radius 1 is 1.33 bits per heavy atom. The molecule has 0 atom stereocenters. The molecule has 0 saturated carbocycles. The second-order valence-electron chi connectivity index (χ2n) is 4.92. The van der Waals surface area contributed by atoms with Gasteiger partial charge in [-0.05, 0) is 31.2 Å². The lowest BCUT2D eigenvalue weighted by Gasteiger charge is -2.27. The lowest BCUT2D eigenvalue weighted by molar-refractivity contribution is 0.239. The van der Waals surface area contributed by atoms with E-state index >= 15 is 0 Å². The molecule has 0 spiro atoms. The molecular weight excluding hydrogens is 317 g/mol. The van der Waals surface area contributed by atoms with Crippen LogP contribution in [0.15, 0.2) is 23.1 Å². The lowest BCUT2D eigenvalue weighted by Crippen LogP contribution is -2.44. The van der Waals surface area contributed by atoms with Gasteiger partial charge in [0.25, 0.3) is 0 Å². The van der Waals surface area contributed by atoms with Crippen molar-refractivity contribution in [1.82, 2.24) is 14.9 Å². The molecule has 1 aliphatic rings. The van der Waals surface area contributed by atoms with Crippen molar-refractivity contribution in [2.75, 3.05) is 39.3 Å². The second-order valence-corrected chi connectivity index (χ2v) is 7.09. The van der Waals surface area contributed by atoms with Crippen LogP contribution in [0.4, 0.5) is 4.39 Å². The summed E-state index contributed by atoms with van der Waals surface area (Å²) in [7, 11) is -3.63. The van der Waals surface area contributed by atoms with Crippen molar-refractivity contribution < 1.29 is 12.8 Å². The van der Waals surface area contributed by atoms with Crippen molar-refractivity contribution in [2.24, 2.45) is 0 Å². The van der Waals surface area contributed by atoms with Crippen LogP contribution in [0.1, 0.15) is 6.42 Å². The summed E-state index contributed by atoms with van der Waals surface area (Å²) in [5.41, 5.74) is 0. The van der Waals surface area contributed by atoms with Crippen molar-refractivity contribution >= 4 is 21.6 Å². The number of nitrogens with one attached hydrogen (secondary N) is 2. The molecule has 1 heterocycles. The minimum Gasteiger partial charge on any atom is -0.314 e. The van der Waals surface area contributed by atoms with Gasteiger partial charge in [0.15, 0.2) is 0 Å². The predicted molar refractivity (Wildman–Crippen MR) is 80.5 cm³/mol. The van der Waals surface area contributed by atoms with E-state index in [9.17, 15) is 12.8 Å². The Bertz CT molecular complexity index is 577. The molecule has 1 aromatic rings. The van der Waals surface area contributed by atoms with Crippen LogP contribution in [0.25, 0.3) is 0 Å². The van der Waals surface area contributed by atoms with E-state index in [1.807, 2.05) is 0 Å². The first-order valence-corrected chi connectivity index (χ1v) is 8.73. The van der Waals surface area contributed by atoms with Gasteiger partial charge in [-0.15, -0.1) is 0 Å². The molecule has 118 valence electrons. The Kier molecular flexibility index (Phi) is 5.95. The molecule has 1 aliphatic heterocycles. The van der Waals surface area contributed by atoms with Gasteiger partial charge in [-0.1, -0.05) is 11.6 Å². The van der Waals surface area contributed by atoms with Crippen molar-refractivity contribution in [3.8, 4) is 0 Å². The predicted octanol–water partition coefficient (Wildman–Crippen LogP) is 1.05. The molecular formula is C13H19ClFN3O2S. The molecule has 0 radical (unpaired) electrons. The van der Waals surface area contributed by atoms with E-state index in [0.717, 1.165) is 51.3 Å². The average molecular weight is 336 g/mol. The molecule has 2 N–H and O–H groups in total. The summed E-state index contributed by atoms with van der Waals surface area (Å²) < 4.78 is 39.6. The van der Waals surface area contributed by atoms with Crippen molar-refractivity contribution in [3.05, 3.63) is 29.0 Å². The third-order valence-electron chi connectivity index (χ3n) is 3.35. The van der Waals surface area contributed by atoms with Gasteiger partial charge < -0.3 is 10.2 Å². The molecule has 8 heteroatoms. The lowest BCUT2D eigenvalue weighted by atomic mass is 10.3. The number of hydrogen-bond acceptors (Lipinski definition) is 4. The van der Waals surface area contributed by atoms with Crippen LogP contribution in [0.5, 0.6) is 0 Å². The number of halogens is 2. The zero-order valence-corrected chi connectivity index (χ0v) is 13.2. The highest BCUT2D eigenvalue weighted by Crippen LogP contribution is 2.19. The highest BCUT2D eigenvalue weighted by Gasteiger charge is 2.15. The van der Waals surface area contributed by atoms with E-state index in [-0.39, 0.29) is 9.92 Å². The van der Waals surface area contributed by atoms with Crippen LogP contribution >= 0.6 is 11.6 Å². The van der Waals surface area contributed by atoms with Gasteiger partial charge in [0.1, 0.15) is 5.82 Å². The van der Waals surface area contributed by atoms with Gasteiger partial charge in [-0.3, -0.25) is 0 Å². The first-order valence-electron chi connectivity index (χ1n) is 6.87. The van der Waals surface area contributed by atoms with Crippen LogP contribution in [-0.4, -0.2) is 52.6 Å². The summed E-state index contributed by atoms with van der Waals surface area (Å²) in [4.78, 5) is 2.27. The zero-order valence-electron chi connectivity index (χ0n) is 11.6. The summed E-state index contributed by atoms with van der Waals surface area (Å²) in [5.74, 6) is -0.630. The molecule has 0 bridgehead atoms. The Morgan fingerprint density at radius 3 is 2.71 bits per heavy atom. The van der Waals surface area contributed by atoms with E-state index in [1.165, 1.54) is 6.07 Å². The third kappa shape index (κ3) is 4.89. The smallest absolute Gasteiger partial charge is 0.240 e. The van der Waals surface area contributed by atoms with Crippen LogP contribution in [0.3, 0.4) is 0 Å². The molecule has 0 unspecified atom stereocenters. The van der Waals surface area contributed by atoms with Crippen molar-refractivity contribution in [1.29, 1.82) is 0 Å². The molecule has 21 heavy (non-hydrogen) atoms. The van der Waals surface area contributed by atoms with Crippen LogP contribution < -0.4 is 10.0 Å². The number of sulfonamides is 1. The van der Waals surface area contributed by atoms with Crippen LogP contribution in [-0.2, 0) is 10.0 Å². The summed E-state index contributed by atoms with van der Waals surface area (Å²) in [6, 6.07) is 3.38. The Morgan fingerprint density at radius 2 is 2.05 bits per heavy atom. The first kappa shape index (κ1) is 16.6. The molecule has 0 aromatic heterocycles. The highest BCUT2D eigenvalue weighted by molar-refractivity contribution is 7.89. The summed E-state index contributed by atoms with van der Waals surface area (Å²) in [5, 5.41) is 3.07. The topological polar surface area (TPSA) is 61.4 Å². The zero-order chi connectivity index (χ0) is 15.3. The molecule has 1 aromatic carbocycles. The first-order chi connectivity index (χ1) is 9.99.